The van der Waals surface area contributed by atoms with E-state index in [1.165, 1.54) is 11.3 Å². The minimum atomic E-state index is -0.579. The van der Waals surface area contributed by atoms with E-state index in [-0.39, 0.29) is 24.2 Å². The number of fused-ring (bicyclic) bond motifs is 1. The van der Waals surface area contributed by atoms with Crippen molar-refractivity contribution in [2.75, 3.05) is 13.1 Å². The molecule has 1 atom stereocenters. The van der Waals surface area contributed by atoms with Crippen LogP contribution in [0.2, 0.25) is 0 Å². The fourth-order valence-electron chi connectivity index (χ4n) is 2.28. The molecule has 0 aromatic carbocycles. The largest absolute Gasteiger partial charge is 0.354 e. The highest BCUT2D eigenvalue weighted by atomic mass is 35.5. The number of nitrogens with one attached hydrogen (secondary N) is 2. The van der Waals surface area contributed by atoms with E-state index in [1.807, 2.05) is 20.0 Å². The summed E-state index contributed by atoms with van der Waals surface area (Å²) >= 11 is 1.37. The molecule has 2 aromatic heterocycles. The molecule has 2 amide bonds. The van der Waals surface area contributed by atoms with Gasteiger partial charge in [-0.25, -0.2) is 0 Å². The van der Waals surface area contributed by atoms with Gasteiger partial charge in [-0.05, 0) is 39.3 Å². The number of aromatic nitrogens is 2. The van der Waals surface area contributed by atoms with Gasteiger partial charge in [0, 0.05) is 19.0 Å². The van der Waals surface area contributed by atoms with Crippen LogP contribution in [0.25, 0.3) is 10.2 Å². The Morgan fingerprint density at radius 3 is 2.75 bits per heavy atom. The Morgan fingerprint density at radius 2 is 2.12 bits per heavy atom. The second-order valence-electron chi connectivity index (χ2n) is 5.52. The van der Waals surface area contributed by atoms with Gasteiger partial charge in [-0.15, -0.1) is 23.7 Å². The summed E-state index contributed by atoms with van der Waals surface area (Å²) in [6.45, 7) is 4.77. The number of thiophene rings is 1. The minimum absolute atomic E-state index is 0. The highest BCUT2D eigenvalue weighted by molar-refractivity contribution is 7.20. The molecule has 4 N–H and O–H groups in total. The second kappa shape index (κ2) is 9.00. The van der Waals surface area contributed by atoms with Crippen LogP contribution >= 0.6 is 23.7 Å². The molecular weight excluding hydrogens is 350 g/mol. The van der Waals surface area contributed by atoms with Gasteiger partial charge in [0.1, 0.15) is 10.9 Å². The first-order chi connectivity index (χ1) is 10.9. The molecule has 2 heterocycles. The highest BCUT2D eigenvalue weighted by Gasteiger charge is 2.19. The molecule has 0 radical (unpaired) electrons. The Balaban J connectivity index is 0.00000288. The van der Waals surface area contributed by atoms with E-state index >= 15 is 0 Å². The molecule has 2 aromatic rings. The molecule has 0 bridgehead atoms. The fourth-order valence-corrected chi connectivity index (χ4v) is 3.31. The molecule has 7 nitrogen and oxygen atoms in total. The van der Waals surface area contributed by atoms with Crippen LogP contribution in [0.15, 0.2) is 6.07 Å². The van der Waals surface area contributed by atoms with Crippen LogP contribution in [0.1, 0.15) is 35.1 Å². The predicted molar refractivity (Wildman–Crippen MR) is 98.8 cm³/mol. The maximum atomic E-state index is 12.3. The van der Waals surface area contributed by atoms with Crippen molar-refractivity contribution in [3.05, 3.63) is 16.6 Å². The van der Waals surface area contributed by atoms with Crippen LogP contribution in [0.3, 0.4) is 0 Å². The summed E-state index contributed by atoms with van der Waals surface area (Å²) in [6, 6.07) is 1.24. The van der Waals surface area contributed by atoms with Gasteiger partial charge in [0.15, 0.2) is 0 Å². The molecule has 24 heavy (non-hydrogen) atoms. The Morgan fingerprint density at radius 1 is 1.42 bits per heavy atom. The molecular formula is C15H24ClN5O2S. The number of carbonyl (C=O) groups excluding carboxylic acids is 2. The molecule has 0 aliphatic heterocycles. The van der Waals surface area contributed by atoms with Crippen molar-refractivity contribution >= 4 is 45.8 Å². The number of nitrogens with zero attached hydrogens (tertiary/aromatic N) is 2. The van der Waals surface area contributed by atoms with Gasteiger partial charge in [0.25, 0.3) is 5.91 Å². The quantitative estimate of drug-likeness (QED) is 0.637. The van der Waals surface area contributed by atoms with E-state index in [0.29, 0.717) is 18.0 Å². The summed E-state index contributed by atoms with van der Waals surface area (Å²) in [6.07, 6.45) is 1.71. The van der Waals surface area contributed by atoms with Gasteiger partial charge < -0.3 is 16.4 Å². The highest BCUT2D eigenvalue weighted by Crippen LogP contribution is 2.27. The number of halogens is 1. The van der Waals surface area contributed by atoms with Crippen LogP contribution in [-0.4, -0.2) is 40.7 Å². The topological polar surface area (TPSA) is 102 Å². The average molecular weight is 374 g/mol. The van der Waals surface area contributed by atoms with Crippen molar-refractivity contribution in [1.29, 1.82) is 0 Å². The van der Waals surface area contributed by atoms with Crippen molar-refractivity contribution < 1.29 is 9.59 Å². The standard InChI is InChI=1S/C15H23N5O2S.ClH/c1-9-11-8-12(23-15(11)20(3)19-9)14(22)18-10(2)13(21)17-7-5-4-6-16;/h8,10H,4-7,16H2,1-3H3,(H,17,21)(H,18,22);1H. The fraction of sp³-hybridized carbons (Fsp3) is 0.533. The van der Waals surface area contributed by atoms with Crippen LogP contribution in [-0.2, 0) is 11.8 Å². The van der Waals surface area contributed by atoms with Gasteiger partial charge in [0.05, 0.1) is 10.6 Å². The molecule has 0 fully saturated rings. The van der Waals surface area contributed by atoms with Crippen LogP contribution in [0.5, 0.6) is 0 Å². The molecule has 9 heteroatoms. The SMILES string of the molecule is Cc1nn(C)c2sc(C(=O)NC(C)C(=O)NCCCCN)cc12.Cl. The zero-order valence-corrected chi connectivity index (χ0v) is 15.7. The Kier molecular flexibility index (Phi) is 7.65. The number of unbranched alkanes of at least 4 members (excludes halogenated alkanes) is 1. The van der Waals surface area contributed by atoms with E-state index in [0.717, 1.165) is 28.8 Å². The number of hydrogen-bond donors (Lipinski definition) is 3. The van der Waals surface area contributed by atoms with E-state index in [2.05, 4.69) is 15.7 Å². The predicted octanol–water partition coefficient (Wildman–Crippen LogP) is 1.34. The summed E-state index contributed by atoms with van der Waals surface area (Å²) in [5, 5.41) is 10.8. The summed E-state index contributed by atoms with van der Waals surface area (Å²) in [5.74, 6) is -0.426. The van der Waals surface area contributed by atoms with Crippen LogP contribution < -0.4 is 16.4 Å². The first-order valence-electron chi connectivity index (χ1n) is 7.65. The Hall–Kier alpha value is -1.64. The molecule has 0 aliphatic carbocycles. The summed E-state index contributed by atoms with van der Waals surface area (Å²) in [7, 11) is 1.85. The molecule has 0 aliphatic rings. The van der Waals surface area contributed by atoms with Gasteiger partial charge in [0.2, 0.25) is 5.91 Å². The third-order valence-corrected chi connectivity index (χ3v) is 4.79. The molecule has 0 saturated heterocycles. The molecule has 2 rings (SSSR count). The minimum Gasteiger partial charge on any atom is -0.354 e. The van der Waals surface area contributed by atoms with Gasteiger partial charge in [-0.3, -0.25) is 14.3 Å². The van der Waals surface area contributed by atoms with Crippen molar-refractivity contribution in [2.24, 2.45) is 12.8 Å². The number of hydrogen-bond acceptors (Lipinski definition) is 5. The summed E-state index contributed by atoms with van der Waals surface area (Å²) < 4.78 is 1.76. The zero-order valence-electron chi connectivity index (χ0n) is 14.1. The first-order valence-corrected chi connectivity index (χ1v) is 8.47. The van der Waals surface area contributed by atoms with E-state index in [9.17, 15) is 9.59 Å². The van der Waals surface area contributed by atoms with Crippen molar-refractivity contribution in [3.8, 4) is 0 Å². The normalized spacial score (nSPS) is 11.8. The van der Waals surface area contributed by atoms with Gasteiger partial charge in [-0.1, -0.05) is 0 Å². The van der Waals surface area contributed by atoms with Gasteiger partial charge >= 0.3 is 0 Å². The third kappa shape index (κ3) is 4.68. The van der Waals surface area contributed by atoms with Crippen molar-refractivity contribution in [2.45, 2.75) is 32.7 Å². The molecule has 0 saturated carbocycles. The van der Waals surface area contributed by atoms with Crippen molar-refractivity contribution in [1.82, 2.24) is 20.4 Å². The summed E-state index contributed by atoms with van der Waals surface area (Å²) in [4.78, 5) is 25.8. The number of carbonyl (C=O) groups is 2. The molecule has 134 valence electrons. The monoisotopic (exact) mass is 373 g/mol. The number of rotatable bonds is 7. The molecule has 0 spiro atoms. The van der Waals surface area contributed by atoms with Crippen LogP contribution in [0, 0.1) is 6.92 Å². The number of aryl methyl sites for hydroxylation is 2. The van der Waals surface area contributed by atoms with E-state index < -0.39 is 6.04 Å². The number of nitrogens with two attached hydrogens (primary N) is 1. The lowest BCUT2D eigenvalue weighted by molar-refractivity contribution is -0.122. The maximum absolute atomic E-state index is 12.3. The average Bonchev–Trinajstić information content (AvgIpc) is 3.06. The maximum Gasteiger partial charge on any atom is 0.262 e. The lowest BCUT2D eigenvalue weighted by Gasteiger charge is -2.13. The van der Waals surface area contributed by atoms with E-state index in [1.54, 1.807) is 11.6 Å². The first kappa shape index (κ1) is 20.4. The van der Waals surface area contributed by atoms with Gasteiger partial charge in [-0.2, -0.15) is 5.10 Å². The number of amides is 2. The third-order valence-electron chi connectivity index (χ3n) is 3.59. The second-order valence-corrected chi connectivity index (χ2v) is 6.55. The Labute approximate surface area is 151 Å². The zero-order chi connectivity index (χ0) is 17.0. The molecule has 1 unspecified atom stereocenters. The Bertz CT molecular complexity index is 678. The van der Waals surface area contributed by atoms with Crippen molar-refractivity contribution in [3.63, 3.8) is 0 Å². The van der Waals surface area contributed by atoms with E-state index in [4.69, 9.17) is 5.73 Å². The lowest BCUT2D eigenvalue weighted by Crippen LogP contribution is -2.44. The smallest absolute Gasteiger partial charge is 0.262 e. The van der Waals surface area contributed by atoms with Crippen LogP contribution in [0.4, 0.5) is 0 Å². The lowest BCUT2D eigenvalue weighted by atomic mass is 10.2. The summed E-state index contributed by atoms with van der Waals surface area (Å²) in [5.41, 5.74) is 6.30.